The van der Waals surface area contributed by atoms with Crippen molar-refractivity contribution in [3.05, 3.63) is 42.5 Å². The first kappa shape index (κ1) is 11.3. The van der Waals surface area contributed by atoms with Gasteiger partial charge in [-0.15, -0.1) is 0 Å². The molecule has 2 aromatic rings. The van der Waals surface area contributed by atoms with Crippen LogP contribution in [0.4, 0.5) is 5.69 Å². The maximum Gasteiger partial charge on any atom is 0.126 e. The highest BCUT2D eigenvalue weighted by Gasteiger charge is 2.07. The van der Waals surface area contributed by atoms with Gasteiger partial charge in [0.15, 0.2) is 0 Å². The Balaban J connectivity index is 2.51. The highest BCUT2D eigenvalue weighted by Crippen LogP contribution is 2.33. The van der Waals surface area contributed by atoms with Crippen LogP contribution in [0.2, 0.25) is 0 Å². The quantitative estimate of drug-likeness (QED) is 0.823. The fourth-order valence-corrected chi connectivity index (χ4v) is 1.70. The Morgan fingerprint density at radius 3 is 2.18 bits per heavy atom. The molecule has 0 unspecified atom stereocenters. The van der Waals surface area contributed by atoms with Gasteiger partial charge in [-0.3, -0.25) is 0 Å². The molecule has 0 heterocycles. The zero-order chi connectivity index (χ0) is 12.3. The van der Waals surface area contributed by atoms with Gasteiger partial charge in [-0.25, -0.2) is 0 Å². The number of methoxy groups -OCH3 is 2. The van der Waals surface area contributed by atoms with Crippen molar-refractivity contribution in [2.45, 2.75) is 0 Å². The summed E-state index contributed by atoms with van der Waals surface area (Å²) < 4.78 is 10.6. The second-order valence-corrected chi connectivity index (χ2v) is 3.69. The Morgan fingerprint density at radius 1 is 0.882 bits per heavy atom. The van der Waals surface area contributed by atoms with Gasteiger partial charge in [-0.1, -0.05) is 12.1 Å². The first-order valence-electron chi connectivity index (χ1n) is 5.32. The van der Waals surface area contributed by atoms with Gasteiger partial charge in [-0.2, -0.15) is 0 Å². The van der Waals surface area contributed by atoms with Crippen molar-refractivity contribution in [1.29, 1.82) is 0 Å². The summed E-state index contributed by atoms with van der Waals surface area (Å²) in [5, 5.41) is 0. The lowest BCUT2D eigenvalue weighted by Gasteiger charge is -2.10. The van der Waals surface area contributed by atoms with Gasteiger partial charge in [0, 0.05) is 11.3 Å². The molecule has 0 aliphatic carbocycles. The van der Waals surface area contributed by atoms with E-state index in [1.807, 2.05) is 42.5 Å². The fraction of sp³-hybridized carbons (Fsp3) is 0.143. The minimum Gasteiger partial charge on any atom is -0.497 e. The van der Waals surface area contributed by atoms with Crippen molar-refractivity contribution < 1.29 is 9.47 Å². The normalized spacial score (nSPS) is 10.0. The SMILES string of the molecule is COc1ccc(OC)c(-c2ccc(N)cc2)c1. The zero-order valence-electron chi connectivity index (χ0n) is 9.94. The summed E-state index contributed by atoms with van der Waals surface area (Å²) in [5.41, 5.74) is 8.46. The standard InChI is InChI=1S/C14H15NO2/c1-16-12-7-8-14(17-2)13(9-12)10-3-5-11(15)6-4-10/h3-9H,15H2,1-2H3. The molecule has 2 rings (SSSR count). The van der Waals surface area contributed by atoms with E-state index in [2.05, 4.69) is 0 Å². The summed E-state index contributed by atoms with van der Waals surface area (Å²) in [6, 6.07) is 13.4. The lowest BCUT2D eigenvalue weighted by Crippen LogP contribution is -1.91. The highest BCUT2D eigenvalue weighted by atomic mass is 16.5. The largest absolute Gasteiger partial charge is 0.497 e. The predicted molar refractivity (Wildman–Crippen MR) is 69.4 cm³/mol. The molecule has 3 nitrogen and oxygen atoms in total. The molecular formula is C14H15NO2. The molecule has 0 amide bonds. The molecule has 0 bridgehead atoms. The molecule has 17 heavy (non-hydrogen) atoms. The third-order valence-electron chi connectivity index (χ3n) is 2.63. The van der Waals surface area contributed by atoms with Gasteiger partial charge in [0.2, 0.25) is 0 Å². The molecule has 0 spiro atoms. The van der Waals surface area contributed by atoms with E-state index >= 15 is 0 Å². The Bertz CT molecular complexity index is 506. The van der Waals surface area contributed by atoms with Gasteiger partial charge in [0.05, 0.1) is 14.2 Å². The first-order valence-corrected chi connectivity index (χ1v) is 5.32. The van der Waals surface area contributed by atoms with Crippen LogP contribution in [0.15, 0.2) is 42.5 Å². The van der Waals surface area contributed by atoms with Crippen LogP contribution < -0.4 is 15.2 Å². The van der Waals surface area contributed by atoms with Crippen LogP contribution in [0, 0.1) is 0 Å². The Labute approximate surface area is 101 Å². The van der Waals surface area contributed by atoms with E-state index in [0.717, 1.165) is 28.3 Å². The Morgan fingerprint density at radius 2 is 1.59 bits per heavy atom. The van der Waals surface area contributed by atoms with E-state index in [1.54, 1.807) is 14.2 Å². The van der Waals surface area contributed by atoms with Gasteiger partial charge in [0.1, 0.15) is 11.5 Å². The molecule has 0 saturated heterocycles. The summed E-state index contributed by atoms with van der Waals surface area (Å²) in [4.78, 5) is 0. The molecule has 0 fully saturated rings. The molecule has 0 aliphatic rings. The second kappa shape index (κ2) is 4.78. The molecule has 3 heteroatoms. The molecule has 0 atom stereocenters. The predicted octanol–water partition coefficient (Wildman–Crippen LogP) is 2.95. The zero-order valence-corrected chi connectivity index (χ0v) is 9.94. The van der Waals surface area contributed by atoms with Crippen molar-refractivity contribution >= 4 is 5.69 Å². The average molecular weight is 229 g/mol. The second-order valence-electron chi connectivity index (χ2n) is 3.69. The maximum absolute atomic E-state index is 5.68. The van der Waals surface area contributed by atoms with E-state index in [9.17, 15) is 0 Å². The number of hydrogen-bond acceptors (Lipinski definition) is 3. The lowest BCUT2D eigenvalue weighted by molar-refractivity contribution is 0.404. The Hall–Kier alpha value is -2.16. The van der Waals surface area contributed by atoms with Gasteiger partial charge >= 0.3 is 0 Å². The summed E-state index contributed by atoms with van der Waals surface area (Å²) in [6.45, 7) is 0. The number of hydrogen-bond donors (Lipinski definition) is 1. The summed E-state index contributed by atoms with van der Waals surface area (Å²) in [6.07, 6.45) is 0. The van der Waals surface area contributed by atoms with Crippen LogP contribution in [-0.2, 0) is 0 Å². The van der Waals surface area contributed by atoms with Gasteiger partial charge in [0.25, 0.3) is 0 Å². The Kier molecular flexibility index (Phi) is 3.19. The molecule has 2 N–H and O–H groups in total. The van der Waals surface area contributed by atoms with E-state index < -0.39 is 0 Å². The maximum atomic E-state index is 5.68. The first-order chi connectivity index (χ1) is 8.24. The minimum atomic E-state index is 0.746. The molecule has 0 aliphatic heterocycles. The van der Waals surface area contributed by atoms with Crippen molar-refractivity contribution in [2.75, 3.05) is 20.0 Å². The molecule has 0 radical (unpaired) electrons. The summed E-state index contributed by atoms with van der Waals surface area (Å²) in [5.74, 6) is 1.62. The van der Waals surface area contributed by atoms with Crippen LogP contribution >= 0.6 is 0 Å². The molecular weight excluding hydrogens is 214 g/mol. The van der Waals surface area contributed by atoms with Gasteiger partial charge < -0.3 is 15.2 Å². The summed E-state index contributed by atoms with van der Waals surface area (Å²) in [7, 11) is 3.30. The smallest absolute Gasteiger partial charge is 0.126 e. The average Bonchev–Trinajstić information content (AvgIpc) is 2.39. The molecule has 88 valence electrons. The van der Waals surface area contributed by atoms with Gasteiger partial charge in [-0.05, 0) is 35.9 Å². The minimum absolute atomic E-state index is 0.746. The van der Waals surface area contributed by atoms with E-state index in [0.29, 0.717) is 0 Å². The lowest BCUT2D eigenvalue weighted by atomic mass is 10.0. The summed E-state index contributed by atoms with van der Waals surface area (Å²) >= 11 is 0. The molecule has 2 aromatic carbocycles. The topological polar surface area (TPSA) is 44.5 Å². The van der Waals surface area contributed by atoms with E-state index in [-0.39, 0.29) is 0 Å². The van der Waals surface area contributed by atoms with Crippen LogP contribution in [0.5, 0.6) is 11.5 Å². The van der Waals surface area contributed by atoms with Crippen molar-refractivity contribution in [3.8, 4) is 22.6 Å². The van der Waals surface area contributed by atoms with Crippen LogP contribution in [0.1, 0.15) is 0 Å². The number of rotatable bonds is 3. The van der Waals surface area contributed by atoms with Crippen molar-refractivity contribution in [2.24, 2.45) is 0 Å². The number of nitrogens with two attached hydrogens (primary N) is 1. The van der Waals surface area contributed by atoms with E-state index in [4.69, 9.17) is 15.2 Å². The highest BCUT2D eigenvalue weighted by molar-refractivity contribution is 5.73. The van der Waals surface area contributed by atoms with Crippen molar-refractivity contribution in [3.63, 3.8) is 0 Å². The monoisotopic (exact) mass is 229 g/mol. The molecule has 0 saturated carbocycles. The van der Waals surface area contributed by atoms with Crippen LogP contribution in [0.25, 0.3) is 11.1 Å². The number of ether oxygens (including phenoxy) is 2. The number of nitrogen functional groups attached to an aromatic ring is 1. The third kappa shape index (κ3) is 2.33. The molecule has 0 aromatic heterocycles. The third-order valence-corrected chi connectivity index (χ3v) is 2.63. The number of anilines is 1. The van der Waals surface area contributed by atoms with Crippen molar-refractivity contribution in [1.82, 2.24) is 0 Å². The van der Waals surface area contributed by atoms with E-state index in [1.165, 1.54) is 0 Å². The number of benzene rings is 2. The fourth-order valence-electron chi connectivity index (χ4n) is 1.70. The van der Waals surface area contributed by atoms with Crippen LogP contribution in [0.3, 0.4) is 0 Å². The van der Waals surface area contributed by atoms with Crippen LogP contribution in [-0.4, -0.2) is 14.2 Å².